The van der Waals surface area contributed by atoms with Crippen molar-refractivity contribution in [3.05, 3.63) is 76.9 Å². The normalized spacial score (nSPS) is 17.9. The molecule has 0 radical (unpaired) electrons. The molecule has 2 aromatic carbocycles. The molecule has 0 saturated carbocycles. The molecule has 2 aromatic rings. The second-order valence-corrected chi connectivity index (χ2v) is 6.06. The number of fused-ring (bicyclic) bond motifs is 1. The van der Waals surface area contributed by atoms with Crippen molar-refractivity contribution in [2.75, 3.05) is 0 Å². The van der Waals surface area contributed by atoms with Crippen molar-refractivity contribution in [1.29, 1.82) is 0 Å². The summed E-state index contributed by atoms with van der Waals surface area (Å²) in [6.45, 7) is 2.28. The first-order valence-electron chi connectivity index (χ1n) is 6.41. The summed E-state index contributed by atoms with van der Waals surface area (Å²) in [6.07, 6.45) is 1.15. The Bertz CT molecular complexity index is 596. The Morgan fingerprint density at radius 3 is 2.33 bits per heavy atom. The first-order chi connectivity index (χ1) is 8.83. The summed E-state index contributed by atoms with van der Waals surface area (Å²) in [6, 6.07) is 19.7. The van der Waals surface area contributed by atoms with E-state index in [1.54, 1.807) is 30.3 Å². The van der Waals surface area contributed by atoms with Crippen LogP contribution in [0.25, 0.3) is 5.57 Å². The minimum absolute atomic E-state index is 0.647. The van der Waals surface area contributed by atoms with Gasteiger partial charge >= 0.3 is 124 Å². The fourth-order valence-electron chi connectivity index (χ4n) is 2.81. The number of hydrogen-bond acceptors (Lipinski definition) is 0. The zero-order valence-corrected chi connectivity index (χ0v) is 12.9. The molecule has 0 nitrogen and oxygen atoms in total. The summed E-state index contributed by atoms with van der Waals surface area (Å²) in [5, 5.41) is 0. The van der Waals surface area contributed by atoms with E-state index in [4.69, 9.17) is 0 Å². The van der Waals surface area contributed by atoms with Gasteiger partial charge in [-0.1, -0.05) is 0 Å². The van der Waals surface area contributed by atoms with Gasteiger partial charge in [0.2, 0.25) is 0 Å². The second-order valence-electron chi connectivity index (χ2n) is 4.64. The molecule has 0 spiro atoms. The molecule has 18 heavy (non-hydrogen) atoms. The second kappa shape index (κ2) is 4.98. The van der Waals surface area contributed by atoms with Gasteiger partial charge in [0.15, 0.2) is 0 Å². The number of benzene rings is 2. The molecule has 0 aromatic heterocycles. The third-order valence-electron chi connectivity index (χ3n) is 3.65. The SMILES string of the molecule is CCC1=C(c2ccccc2)c2ccccc2[CH]1[Zr]. The van der Waals surface area contributed by atoms with Crippen LogP contribution < -0.4 is 0 Å². The van der Waals surface area contributed by atoms with Crippen LogP contribution in [0.1, 0.15) is 33.7 Å². The zero-order valence-electron chi connectivity index (χ0n) is 10.5. The molecule has 0 bridgehead atoms. The van der Waals surface area contributed by atoms with Crippen LogP contribution in [0.4, 0.5) is 0 Å². The van der Waals surface area contributed by atoms with Crippen LogP contribution in [0, 0.1) is 0 Å². The third-order valence-corrected chi connectivity index (χ3v) is 5.28. The van der Waals surface area contributed by atoms with E-state index in [0.29, 0.717) is 3.63 Å². The molecule has 0 N–H and O–H groups in total. The molecule has 0 fully saturated rings. The monoisotopic (exact) mass is 309 g/mol. The van der Waals surface area contributed by atoms with Crippen LogP contribution in [0.2, 0.25) is 0 Å². The van der Waals surface area contributed by atoms with Crippen molar-refractivity contribution >= 4 is 5.57 Å². The maximum atomic E-state index is 2.29. The van der Waals surface area contributed by atoms with Crippen LogP contribution >= 0.6 is 0 Å². The molecule has 1 aliphatic rings. The summed E-state index contributed by atoms with van der Waals surface area (Å²) in [4.78, 5) is 0. The van der Waals surface area contributed by atoms with Crippen molar-refractivity contribution in [2.24, 2.45) is 0 Å². The summed E-state index contributed by atoms with van der Waals surface area (Å²) in [7, 11) is 0. The van der Waals surface area contributed by atoms with E-state index in [0.717, 1.165) is 6.42 Å². The van der Waals surface area contributed by atoms with Crippen molar-refractivity contribution in [2.45, 2.75) is 17.0 Å². The first kappa shape index (κ1) is 12.1. The van der Waals surface area contributed by atoms with Gasteiger partial charge in [-0.2, -0.15) is 0 Å². The van der Waals surface area contributed by atoms with Crippen molar-refractivity contribution in [1.82, 2.24) is 0 Å². The average Bonchev–Trinajstić information content (AvgIpc) is 2.73. The van der Waals surface area contributed by atoms with E-state index >= 15 is 0 Å². The van der Waals surface area contributed by atoms with E-state index in [2.05, 4.69) is 61.5 Å². The molecular formula is C17H15Zr. The molecule has 3 rings (SSSR count). The summed E-state index contributed by atoms with van der Waals surface area (Å²) in [5.41, 5.74) is 7.43. The van der Waals surface area contributed by atoms with Crippen LogP contribution in [-0.4, -0.2) is 0 Å². The maximum absolute atomic E-state index is 2.29. The van der Waals surface area contributed by atoms with Gasteiger partial charge in [0.25, 0.3) is 0 Å². The summed E-state index contributed by atoms with van der Waals surface area (Å²) < 4.78 is 0.647. The Morgan fingerprint density at radius 2 is 1.61 bits per heavy atom. The van der Waals surface area contributed by atoms with Gasteiger partial charge in [0, 0.05) is 0 Å². The predicted molar refractivity (Wildman–Crippen MR) is 71.9 cm³/mol. The van der Waals surface area contributed by atoms with Gasteiger partial charge in [-0.05, 0) is 0 Å². The van der Waals surface area contributed by atoms with Crippen LogP contribution in [-0.2, 0) is 24.7 Å². The average molecular weight is 311 g/mol. The number of allylic oxidation sites excluding steroid dienone is 1. The van der Waals surface area contributed by atoms with Gasteiger partial charge in [-0.15, -0.1) is 0 Å². The van der Waals surface area contributed by atoms with Gasteiger partial charge < -0.3 is 0 Å². The quantitative estimate of drug-likeness (QED) is 0.766. The Kier molecular flexibility index (Phi) is 3.35. The number of rotatable bonds is 2. The third kappa shape index (κ3) is 1.86. The van der Waals surface area contributed by atoms with E-state index < -0.39 is 0 Å². The molecule has 1 atom stereocenters. The summed E-state index contributed by atoms with van der Waals surface area (Å²) in [5.74, 6) is 0. The van der Waals surface area contributed by atoms with E-state index in [1.807, 2.05) is 0 Å². The molecule has 0 saturated heterocycles. The predicted octanol–water partition coefficient (Wildman–Crippen LogP) is 4.50. The van der Waals surface area contributed by atoms with Gasteiger partial charge in [-0.3, -0.25) is 0 Å². The standard InChI is InChI=1S/C17H15.Zr/c1-2-13-12-15-10-6-7-11-16(15)17(13)14-8-4-3-5-9-14;/h3-12H,2H2,1H3;. The Balaban J connectivity index is 2.24. The van der Waals surface area contributed by atoms with Crippen LogP contribution in [0.5, 0.6) is 0 Å². The van der Waals surface area contributed by atoms with Gasteiger partial charge in [-0.25, -0.2) is 0 Å². The molecule has 0 amide bonds. The molecule has 1 unspecified atom stereocenters. The van der Waals surface area contributed by atoms with Crippen LogP contribution in [0.15, 0.2) is 60.2 Å². The van der Waals surface area contributed by atoms with Gasteiger partial charge in [0.1, 0.15) is 0 Å². The summed E-state index contributed by atoms with van der Waals surface area (Å²) >= 11 is 1.60. The molecule has 1 heteroatoms. The fourth-order valence-corrected chi connectivity index (χ4v) is 4.28. The topological polar surface area (TPSA) is 0 Å². The van der Waals surface area contributed by atoms with Crippen molar-refractivity contribution in [3.63, 3.8) is 0 Å². The Morgan fingerprint density at radius 1 is 0.944 bits per heavy atom. The molecule has 1 aliphatic carbocycles. The zero-order chi connectivity index (χ0) is 12.5. The molecule has 0 heterocycles. The molecule has 87 valence electrons. The molecule has 0 aliphatic heterocycles. The van der Waals surface area contributed by atoms with E-state index in [-0.39, 0.29) is 0 Å². The minimum atomic E-state index is 0.647. The first-order valence-corrected chi connectivity index (χ1v) is 7.83. The van der Waals surface area contributed by atoms with Crippen molar-refractivity contribution < 1.29 is 24.7 Å². The van der Waals surface area contributed by atoms with E-state index in [1.165, 1.54) is 22.3 Å². The van der Waals surface area contributed by atoms with Crippen LogP contribution in [0.3, 0.4) is 0 Å². The molecular weight excluding hydrogens is 295 g/mol. The Hall–Kier alpha value is -0.937. The fraction of sp³-hybridized carbons (Fsp3) is 0.176. The van der Waals surface area contributed by atoms with Gasteiger partial charge in [0.05, 0.1) is 0 Å². The van der Waals surface area contributed by atoms with Crippen molar-refractivity contribution in [3.8, 4) is 0 Å². The Labute approximate surface area is 124 Å². The van der Waals surface area contributed by atoms with E-state index in [9.17, 15) is 0 Å². The number of hydrogen-bond donors (Lipinski definition) is 0.